The fourth-order valence-corrected chi connectivity index (χ4v) is 5.60. The van der Waals surface area contributed by atoms with E-state index in [9.17, 15) is 0 Å². The van der Waals surface area contributed by atoms with Gasteiger partial charge in [-0.25, -0.2) is 0 Å². The molecule has 0 unspecified atom stereocenters. The van der Waals surface area contributed by atoms with Gasteiger partial charge in [0.05, 0.1) is 5.60 Å². The van der Waals surface area contributed by atoms with E-state index >= 15 is 0 Å². The molecular weight excluding hydrogens is 487 g/mol. The summed E-state index contributed by atoms with van der Waals surface area (Å²) in [5.41, 5.74) is 2.37. The maximum absolute atomic E-state index is 6.20. The highest BCUT2D eigenvalue weighted by molar-refractivity contribution is 7.42. The minimum atomic E-state index is -1.56. The predicted molar refractivity (Wildman–Crippen MR) is 165 cm³/mol. The van der Waals surface area contributed by atoms with Crippen molar-refractivity contribution in [1.29, 1.82) is 0 Å². The third-order valence-corrected chi connectivity index (χ3v) is 8.11. The SMILES string of the molecule is CCCCCCCCCc1ccc(OP(Oc2ccc(CCCCCCCCC)cc2)OC(C)(C)C)cc1. The summed E-state index contributed by atoms with van der Waals surface area (Å²) in [5, 5.41) is 0. The van der Waals surface area contributed by atoms with Crippen molar-refractivity contribution >= 4 is 8.60 Å². The third-order valence-electron chi connectivity index (χ3n) is 6.69. The number of hydrogen-bond acceptors (Lipinski definition) is 3. The lowest BCUT2D eigenvalue weighted by Gasteiger charge is -2.25. The molecule has 0 heterocycles. The number of aryl methyl sites for hydroxylation is 2. The molecule has 0 aliphatic heterocycles. The van der Waals surface area contributed by atoms with E-state index < -0.39 is 8.60 Å². The second kappa shape index (κ2) is 19.5. The van der Waals surface area contributed by atoms with E-state index in [0.29, 0.717) is 0 Å². The van der Waals surface area contributed by atoms with Gasteiger partial charge in [0.1, 0.15) is 11.5 Å². The molecule has 0 saturated carbocycles. The number of rotatable bonds is 21. The highest BCUT2D eigenvalue weighted by atomic mass is 31.2. The van der Waals surface area contributed by atoms with Gasteiger partial charge in [-0.3, -0.25) is 4.52 Å². The molecule has 0 spiro atoms. The Morgan fingerprint density at radius 1 is 0.500 bits per heavy atom. The molecule has 2 rings (SSSR count). The van der Waals surface area contributed by atoms with Gasteiger partial charge >= 0.3 is 8.60 Å². The van der Waals surface area contributed by atoms with Crippen LogP contribution in [-0.4, -0.2) is 5.60 Å². The average Bonchev–Trinajstić information content (AvgIpc) is 2.88. The second-order valence-electron chi connectivity index (χ2n) is 11.6. The molecule has 38 heavy (non-hydrogen) atoms. The topological polar surface area (TPSA) is 27.7 Å². The summed E-state index contributed by atoms with van der Waals surface area (Å²) in [6.07, 6.45) is 21.0. The zero-order valence-corrected chi connectivity index (χ0v) is 26.0. The van der Waals surface area contributed by atoms with Crippen molar-refractivity contribution in [3.8, 4) is 11.5 Å². The summed E-state index contributed by atoms with van der Waals surface area (Å²) in [6.45, 7) is 10.6. The molecule has 0 saturated heterocycles. The van der Waals surface area contributed by atoms with Crippen molar-refractivity contribution in [3.05, 3.63) is 59.7 Å². The molecule has 2 aromatic rings. The molecule has 4 heteroatoms. The summed E-state index contributed by atoms with van der Waals surface area (Å²) in [4.78, 5) is 0. The first-order chi connectivity index (χ1) is 18.4. The minimum Gasteiger partial charge on any atom is -0.418 e. The quantitative estimate of drug-likeness (QED) is 0.116. The number of benzene rings is 2. The van der Waals surface area contributed by atoms with E-state index in [-0.39, 0.29) is 5.60 Å². The van der Waals surface area contributed by atoms with Crippen molar-refractivity contribution < 1.29 is 13.6 Å². The van der Waals surface area contributed by atoms with E-state index in [4.69, 9.17) is 13.6 Å². The van der Waals surface area contributed by atoms with Crippen molar-refractivity contribution in [1.82, 2.24) is 0 Å². The van der Waals surface area contributed by atoms with Crippen LogP contribution in [0.25, 0.3) is 0 Å². The van der Waals surface area contributed by atoms with Gasteiger partial charge in [0.25, 0.3) is 0 Å². The molecule has 0 atom stereocenters. The van der Waals surface area contributed by atoms with Crippen LogP contribution in [0.4, 0.5) is 0 Å². The Kier molecular flexibility index (Phi) is 16.7. The zero-order valence-electron chi connectivity index (χ0n) is 25.1. The van der Waals surface area contributed by atoms with Crippen LogP contribution in [0.1, 0.15) is 136 Å². The van der Waals surface area contributed by atoms with Crippen molar-refractivity contribution in [2.75, 3.05) is 0 Å². The highest BCUT2D eigenvalue weighted by Gasteiger charge is 2.25. The standard InChI is InChI=1S/C34H55O3P/c1-6-8-10-12-14-16-18-20-30-22-26-32(27-23-30)35-38(37-34(3,4)5)36-33-28-24-31(25-29-33)21-19-17-15-13-11-9-7-2/h22-29H,6-21H2,1-5H3. The first kappa shape index (κ1) is 32.6. The Bertz CT molecular complexity index is 763. The van der Waals surface area contributed by atoms with Crippen LogP contribution in [-0.2, 0) is 17.4 Å². The van der Waals surface area contributed by atoms with Gasteiger partial charge in [0, 0.05) is 0 Å². The normalized spacial score (nSPS) is 11.7. The van der Waals surface area contributed by atoms with Crippen LogP contribution in [0.3, 0.4) is 0 Å². The second-order valence-corrected chi connectivity index (χ2v) is 12.6. The summed E-state index contributed by atoms with van der Waals surface area (Å²) < 4.78 is 18.6. The van der Waals surface area contributed by atoms with Crippen molar-refractivity contribution in [2.45, 2.75) is 143 Å². The molecule has 0 aromatic heterocycles. The number of unbranched alkanes of at least 4 members (excludes halogenated alkanes) is 12. The molecule has 0 bridgehead atoms. The maximum atomic E-state index is 6.20. The summed E-state index contributed by atoms with van der Waals surface area (Å²) in [6, 6.07) is 16.9. The highest BCUT2D eigenvalue weighted by Crippen LogP contribution is 2.45. The van der Waals surface area contributed by atoms with Crippen LogP contribution in [0, 0.1) is 0 Å². The number of hydrogen-bond donors (Lipinski definition) is 0. The first-order valence-electron chi connectivity index (χ1n) is 15.4. The Morgan fingerprint density at radius 3 is 1.18 bits per heavy atom. The summed E-state index contributed by atoms with van der Waals surface area (Å²) in [7, 11) is -1.56. The van der Waals surface area contributed by atoms with E-state index in [2.05, 4.69) is 38.1 Å². The van der Waals surface area contributed by atoms with Gasteiger partial charge in [-0.05, 0) is 81.8 Å². The predicted octanol–water partition coefficient (Wildman–Crippen LogP) is 11.8. The zero-order chi connectivity index (χ0) is 27.5. The van der Waals surface area contributed by atoms with Gasteiger partial charge in [0.2, 0.25) is 0 Å². The molecule has 214 valence electrons. The average molecular weight is 543 g/mol. The van der Waals surface area contributed by atoms with E-state index in [1.807, 2.05) is 45.0 Å². The lowest BCUT2D eigenvalue weighted by Crippen LogP contribution is -2.18. The van der Waals surface area contributed by atoms with Crippen molar-refractivity contribution in [3.63, 3.8) is 0 Å². The maximum Gasteiger partial charge on any atom is 0.463 e. The van der Waals surface area contributed by atoms with Crippen LogP contribution >= 0.6 is 8.60 Å². The van der Waals surface area contributed by atoms with Crippen LogP contribution in [0.2, 0.25) is 0 Å². The molecule has 0 radical (unpaired) electrons. The fraction of sp³-hybridized carbons (Fsp3) is 0.647. The molecular formula is C34H55O3P. The molecule has 0 aliphatic carbocycles. The van der Waals surface area contributed by atoms with Crippen LogP contribution in [0.5, 0.6) is 11.5 Å². The smallest absolute Gasteiger partial charge is 0.418 e. The van der Waals surface area contributed by atoms with Crippen LogP contribution < -0.4 is 9.05 Å². The summed E-state index contributed by atoms with van der Waals surface area (Å²) in [5.74, 6) is 1.58. The minimum absolute atomic E-state index is 0.361. The Labute approximate surface area is 236 Å². The fourth-order valence-electron chi connectivity index (χ4n) is 4.46. The lowest BCUT2D eigenvalue weighted by atomic mass is 10.0. The summed E-state index contributed by atoms with van der Waals surface area (Å²) >= 11 is 0. The third kappa shape index (κ3) is 15.7. The van der Waals surface area contributed by atoms with Gasteiger partial charge < -0.3 is 9.05 Å². The van der Waals surface area contributed by atoms with Gasteiger partial charge in [-0.2, -0.15) is 0 Å². The Hall–Kier alpha value is -1.57. The Balaban J connectivity index is 1.80. The van der Waals surface area contributed by atoms with Gasteiger partial charge in [0.15, 0.2) is 0 Å². The van der Waals surface area contributed by atoms with E-state index in [0.717, 1.165) is 24.3 Å². The lowest BCUT2D eigenvalue weighted by molar-refractivity contribution is 0.115. The molecule has 0 N–H and O–H groups in total. The van der Waals surface area contributed by atoms with Gasteiger partial charge in [-0.1, -0.05) is 115 Å². The largest absolute Gasteiger partial charge is 0.463 e. The molecule has 0 amide bonds. The molecule has 0 fully saturated rings. The first-order valence-corrected chi connectivity index (χ1v) is 16.5. The molecule has 0 aliphatic rings. The van der Waals surface area contributed by atoms with Crippen LogP contribution in [0.15, 0.2) is 48.5 Å². The van der Waals surface area contributed by atoms with E-state index in [1.54, 1.807) is 0 Å². The van der Waals surface area contributed by atoms with E-state index in [1.165, 1.54) is 101 Å². The van der Waals surface area contributed by atoms with Gasteiger partial charge in [-0.15, -0.1) is 0 Å². The molecule has 3 nitrogen and oxygen atoms in total. The monoisotopic (exact) mass is 542 g/mol. The van der Waals surface area contributed by atoms with Crippen molar-refractivity contribution in [2.24, 2.45) is 0 Å². The molecule has 2 aromatic carbocycles. The Morgan fingerprint density at radius 2 is 0.842 bits per heavy atom.